The van der Waals surface area contributed by atoms with Gasteiger partial charge >= 0.3 is 0 Å². The molecule has 0 heterocycles. The molecule has 0 bridgehead atoms. The number of nitrogens with one attached hydrogen (secondary N) is 1. The summed E-state index contributed by atoms with van der Waals surface area (Å²) < 4.78 is 5.98. The number of aryl methyl sites for hydroxylation is 1. The Hall–Kier alpha value is -1.80. The number of hydrogen-bond donors (Lipinski definition) is 1. The summed E-state index contributed by atoms with van der Waals surface area (Å²) >= 11 is 0. The summed E-state index contributed by atoms with van der Waals surface area (Å²) in [7, 11) is 0. The molecule has 2 aromatic rings. The van der Waals surface area contributed by atoms with Crippen molar-refractivity contribution < 1.29 is 4.74 Å². The molecule has 100 valence electrons. The predicted octanol–water partition coefficient (Wildman–Crippen LogP) is 4.29. The Labute approximate surface area is 115 Å². The molecule has 0 unspecified atom stereocenters. The number of benzene rings is 2. The van der Waals surface area contributed by atoms with Gasteiger partial charge in [0.25, 0.3) is 0 Å². The zero-order valence-electron chi connectivity index (χ0n) is 11.6. The Morgan fingerprint density at radius 2 is 1.89 bits per heavy atom. The average Bonchev–Trinajstić information content (AvgIpc) is 2.41. The summed E-state index contributed by atoms with van der Waals surface area (Å²) in [4.78, 5) is 0. The fourth-order valence-corrected chi connectivity index (χ4v) is 1.96. The van der Waals surface area contributed by atoms with Gasteiger partial charge in [0.05, 0.1) is 0 Å². The Morgan fingerprint density at radius 3 is 2.68 bits per heavy atom. The second kappa shape index (κ2) is 6.95. The quantitative estimate of drug-likeness (QED) is 0.778. The van der Waals surface area contributed by atoms with Gasteiger partial charge in [0.15, 0.2) is 0 Å². The molecule has 0 radical (unpaired) electrons. The van der Waals surface area contributed by atoms with Crippen LogP contribution < -0.4 is 10.1 Å². The molecule has 0 aliphatic heterocycles. The van der Waals surface area contributed by atoms with Crippen molar-refractivity contribution in [3.05, 3.63) is 59.7 Å². The number of ether oxygens (including phenoxy) is 1. The van der Waals surface area contributed by atoms with Crippen molar-refractivity contribution in [2.75, 3.05) is 6.54 Å². The largest absolute Gasteiger partial charge is 0.457 e. The van der Waals surface area contributed by atoms with Crippen LogP contribution in [0.2, 0.25) is 0 Å². The molecular weight excluding hydrogens is 234 g/mol. The van der Waals surface area contributed by atoms with Gasteiger partial charge < -0.3 is 10.1 Å². The predicted molar refractivity (Wildman–Crippen MR) is 79.7 cm³/mol. The van der Waals surface area contributed by atoms with E-state index in [-0.39, 0.29) is 0 Å². The minimum atomic E-state index is 0.843. The normalized spacial score (nSPS) is 10.4. The van der Waals surface area contributed by atoms with Gasteiger partial charge in [-0.2, -0.15) is 0 Å². The molecular formula is C17H21NO. The van der Waals surface area contributed by atoms with E-state index >= 15 is 0 Å². The van der Waals surface area contributed by atoms with E-state index in [4.69, 9.17) is 4.74 Å². The molecule has 2 nitrogen and oxygen atoms in total. The SMILES string of the molecule is CCCNCc1ccccc1Oc1cccc(C)c1. The highest BCUT2D eigenvalue weighted by molar-refractivity contribution is 5.38. The first kappa shape index (κ1) is 13.6. The van der Waals surface area contributed by atoms with E-state index in [9.17, 15) is 0 Å². The summed E-state index contributed by atoms with van der Waals surface area (Å²) in [5.74, 6) is 1.82. The summed E-state index contributed by atoms with van der Waals surface area (Å²) in [5, 5.41) is 3.41. The van der Waals surface area contributed by atoms with Gasteiger partial charge in [-0.15, -0.1) is 0 Å². The van der Waals surface area contributed by atoms with Crippen molar-refractivity contribution in [3.63, 3.8) is 0 Å². The maximum Gasteiger partial charge on any atom is 0.131 e. The first-order valence-electron chi connectivity index (χ1n) is 6.82. The minimum Gasteiger partial charge on any atom is -0.457 e. The van der Waals surface area contributed by atoms with Crippen LogP contribution in [-0.4, -0.2) is 6.54 Å². The molecule has 0 aliphatic carbocycles. The van der Waals surface area contributed by atoms with E-state index in [1.807, 2.05) is 30.3 Å². The van der Waals surface area contributed by atoms with Crippen molar-refractivity contribution in [1.82, 2.24) is 5.32 Å². The fraction of sp³-hybridized carbons (Fsp3) is 0.294. The van der Waals surface area contributed by atoms with Crippen LogP contribution in [0.25, 0.3) is 0 Å². The molecule has 0 atom stereocenters. The molecule has 0 saturated heterocycles. The minimum absolute atomic E-state index is 0.843. The van der Waals surface area contributed by atoms with Gasteiger partial charge in [0.1, 0.15) is 11.5 Å². The Bertz CT molecular complexity index is 522. The topological polar surface area (TPSA) is 21.3 Å². The molecule has 19 heavy (non-hydrogen) atoms. The molecule has 0 aliphatic rings. The van der Waals surface area contributed by atoms with Gasteiger partial charge in [0.2, 0.25) is 0 Å². The van der Waals surface area contributed by atoms with E-state index < -0.39 is 0 Å². The van der Waals surface area contributed by atoms with Crippen LogP contribution >= 0.6 is 0 Å². The molecule has 0 saturated carbocycles. The summed E-state index contributed by atoms with van der Waals surface area (Å²) in [6.07, 6.45) is 1.14. The van der Waals surface area contributed by atoms with Gasteiger partial charge in [-0.25, -0.2) is 0 Å². The van der Waals surface area contributed by atoms with E-state index in [1.54, 1.807) is 0 Å². The smallest absolute Gasteiger partial charge is 0.131 e. The second-order valence-corrected chi connectivity index (χ2v) is 4.70. The Kier molecular flexibility index (Phi) is 4.99. The molecule has 0 amide bonds. The maximum absolute atomic E-state index is 5.98. The van der Waals surface area contributed by atoms with Crippen LogP contribution in [0.5, 0.6) is 11.5 Å². The summed E-state index contributed by atoms with van der Waals surface area (Å²) in [6, 6.07) is 16.3. The maximum atomic E-state index is 5.98. The number of rotatable bonds is 6. The lowest BCUT2D eigenvalue weighted by molar-refractivity contribution is 0.472. The molecule has 2 aromatic carbocycles. The van der Waals surface area contributed by atoms with Gasteiger partial charge in [-0.3, -0.25) is 0 Å². The fourth-order valence-electron chi connectivity index (χ4n) is 1.96. The Morgan fingerprint density at radius 1 is 1.05 bits per heavy atom. The first-order valence-corrected chi connectivity index (χ1v) is 6.82. The van der Waals surface area contributed by atoms with Crippen LogP contribution in [0.3, 0.4) is 0 Å². The molecule has 0 spiro atoms. The standard InChI is InChI=1S/C17H21NO/c1-3-11-18-13-15-8-4-5-10-17(15)19-16-9-6-7-14(2)12-16/h4-10,12,18H,3,11,13H2,1-2H3. The van der Waals surface area contributed by atoms with Gasteiger partial charge in [-0.05, 0) is 43.7 Å². The third-order valence-corrected chi connectivity index (χ3v) is 2.93. The summed E-state index contributed by atoms with van der Waals surface area (Å²) in [5.41, 5.74) is 2.40. The molecule has 2 heteroatoms. The zero-order chi connectivity index (χ0) is 13.5. The zero-order valence-corrected chi connectivity index (χ0v) is 11.6. The third-order valence-electron chi connectivity index (χ3n) is 2.93. The average molecular weight is 255 g/mol. The molecule has 2 rings (SSSR count). The third kappa shape index (κ3) is 4.11. The van der Waals surface area contributed by atoms with Crippen molar-refractivity contribution in [2.24, 2.45) is 0 Å². The van der Waals surface area contributed by atoms with Crippen molar-refractivity contribution in [2.45, 2.75) is 26.8 Å². The van der Waals surface area contributed by atoms with Crippen LogP contribution in [0.1, 0.15) is 24.5 Å². The number of para-hydroxylation sites is 1. The highest BCUT2D eigenvalue weighted by atomic mass is 16.5. The highest BCUT2D eigenvalue weighted by Crippen LogP contribution is 2.25. The molecule has 0 aromatic heterocycles. The van der Waals surface area contributed by atoms with Crippen LogP contribution in [0.15, 0.2) is 48.5 Å². The first-order chi connectivity index (χ1) is 9.29. The van der Waals surface area contributed by atoms with Crippen LogP contribution in [-0.2, 0) is 6.54 Å². The van der Waals surface area contributed by atoms with E-state index in [1.165, 1.54) is 11.1 Å². The van der Waals surface area contributed by atoms with E-state index in [2.05, 4.69) is 37.4 Å². The molecule has 0 fully saturated rings. The second-order valence-electron chi connectivity index (χ2n) is 4.70. The monoisotopic (exact) mass is 255 g/mol. The van der Waals surface area contributed by atoms with Crippen LogP contribution in [0.4, 0.5) is 0 Å². The van der Waals surface area contributed by atoms with Gasteiger partial charge in [-0.1, -0.05) is 37.3 Å². The summed E-state index contributed by atoms with van der Waals surface area (Å²) in [6.45, 7) is 6.11. The lowest BCUT2D eigenvalue weighted by Crippen LogP contribution is -2.14. The lowest BCUT2D eigenvalue weighted by Gasteiger charge is -2.12. The number of hydrogen-bond acceptors (Lipinski definition) is 2. The van der Waals surface area contributed by atoms with Crippen molar-refractivity contribution in [1.29, 1.82) is 0 Å². The van der Waals surface area contributed by atoms with Gasteiger partial charge in [0, 0.05) is 12.1 Å². The van der Waals surface area contributed by atoms with Crippen molar-refractivity contribution >= 4 is 0 Å². The van der Waals surface area contributed by atoms with Crippen LogP contribution in [0, 0.1) is 6.92 Å². The Balaban J connectivity index is 2.11. The van der Waals surface area contributed by atoms with E-state index in [0.717, 1.165) is 31.0 Å². The lowest BCUT2D eigenvalue weighted by atomic mass is 10.2. The highest BCUT2D eigenvalue weighted by Gasteiger charge is 2.04. The van der Waals surface area contributed by atoms with E-state index in [0.29, 0.717) is 0 Å². The van der Waals surface area contributed by atoms with Crippen molar-refractivity contribution in [3.8, 4) is 11.5 Å². The molecule has 1 N–H and O–H groups in total.